The molecule has 1 aliphatic rings. The fraction of sp³-hybridized carbons (Fsp3) is 0.400. The topological polar surface area (TPSA) is 48.5 Å². The van der Waals surface area contributed by atoms with Crippen LogP contribution in [0.3, 0.4) is 0 Å². The zero-order valence-electron chi connectivity index (χ0n) is 11.5. The van der Waals surface area contributed by atoms with Gasteiger partial charge in [-0.15, -0.1) is 5.10 Å². The van der Waals surface area contributed by atoms with E-state index in [9.17, 15) is 0 Å². The van der Waals surface area contributed by atoms with Crippen molar-refractivity contribution in [3.63, 3.8) is 0 Å². The average Bonchev–Trinajstić information content (AvgIpc) is 3.12. The fourth-order valence-corrected chi connectivity index (χ4v) is 3.17. The van der Waals surface area contributed by atoms with Crippen LogP contribution in [-0.4, -0.2) is 24.5 Å². The van der Waals surface area contributed by atoms with Crippen molar-refractivity contribution in [1.29, 1.82) is 0 Å². The van der Waals surface area contributed by atoms with Crippen LogP contribution >= 0.6 is 0 Å². The quantitative estimate of drug-likeness (QED) is 0.717. The van der Waals surface area contributed by atoms with Crippen LogP contribution in [0.15, 0.2) is 30.7 Å². The summed E-state index contributed by atoms with van der Waals surface area (Å²) in [5, 5.41) is 8.39. The molecule has 5 heteroatoms. The summed E-state index contributed by atoms with van der Waals surface area (Å²) in [6, 6.07) is 6.88. The minimum atomic E-state index is 0.394. The number of rotatable bonds is 2. The third-order valence-corrected chi connectivity index (χ3v) is 4.21. The molecule has 0 aliphatic carbocycles. The van der Waals surface area contributed by atoms with Crippen molar-refractivity contribution in [2.75, 3.05) is 0 Å². The molecule has 0 fully saturated rings. The van der Waals surface area contributed by atoms with E-state index in [-0.39, 0.29) is 0 Å². The molecular formula is C15H17N5. The van der Waals surface area contributed by atoms with Gasteiger partial charge in [-0.2, -0.15) is 0 Å². The molecule has 0 N–H and O–H groups in total. The molecule has 102 valence electrons. The lowest BCUT2D eigenvalue weighted by molar-refractivity contribution is 0.458. The number of fused-ring (bicyclic) bond motifs is 2. The third kappa shape index (κ3) is 1.66. The molecule has 5 nitrogen and oxygen atoms in total. The number of benzene rings is 1. The molecule has 0 saturated carbocycles. The second-order valence-corrected chi connectivity index (χ2v) is 5.35. The number of hydrogen-bond donors (Lipinski definition) is 0. The minimum Gasteiger partial charge on any atom is -0.327 e. The van der Waals surface area contributed by atoms with E-state index in [2.05, 4.69) is 45.0 Å². The second-order valence-electron chi connectivity index (χ2n) is 5.35. The smallest absolute Gasteiger partial charge is 0.113 e. The van der Waals surface area contributed by atoms with Gasteiger partial charge in [-0.3, -0.25) is 0 Å². The molecule has 0 amide bonds. The van der Waals surface area contributed by atoms with Crippen molar-refractivity contribution in [2.24, 2.45) is 0 Å². The van der Waals surface area contributed by atoms with Gasteiger partial charge in [0.1, 0.15) is 5.52 Å². The summed E-state index contributed by atoms with van der Waals surface area (Å²) >= 11 is 0. The maximum Gasteiger partial charge on any atom is 0.113 e. The first-order chi connectivity index (χ1) is 9.86. The Kier molecular flexibility index (Phi) is 2.58. The first kappa shape index (κ1) is 11.6. The number of hydrogen-bond acceptors (Lipinski definition) is 3. The molecule has 1 aliphatic heterocycles. The van der Waals surface area contributed by atoms with Crippen LogP contribution in [-0.2, 0) is 13.0 Å². The van der Waals surface area contributed by atoms with Gasteiger partial charge in [-0.1, -0.05) is 11.3 Å². The highest BCUT2D eigenvalue weighted by molar-refractivity contribution is 5.75. The van der Waals surface area contributed by atoms with Gasteiger partial charge < -0.3 is 4.57 Å². The normalized spacial score (nSPS) is 18.4. The van der Waals surface area contributed by atoms with Crippen LogP contribution in [0.4, 0.5) is 0 Å². The first-order valence-corrected chi connectivity index (χ1v) is 7.20. The van der Waals surface area contributed by atoms with Gasteiger partial charge in [-0.25, -0.2) is 9.67 Å². The number of aryl methyl sites for hydroxylation is 2. The number of imidazole rings is 1. The highest BCUT2D eigenvalue weighted by Gasteiger charge is 2.21. The van der Waals surface area contributed by atoms with E-state index in [0.29, 0.717) is 6.04 Å². The Morgan fingerprint density at radius 2 is 2.30 bits per heavy atom. The summed E-state index contributed by atoms with van der Waals surface area (Å²) in [5.41, 5.74) is 4.76. The van der Waals surface area contributed by atoms with E-state index < -0.39 is 0 Å². The molecule has 3 aromatic rings. The molecule has 0 saturated heterocycles. The number of aromatic nitrogens is 5. The summed E-state index contributed by atoms with van der Waals surface area (Å²) in [5.74, 6) is 0. The molecular weight excluding hydrogens is 250 g/mol. The molecule has 3 heterocycles. The van der Waals surface area contributed by atoms with Gasteiger partial charge in [0.05, 0.1) is 17.9 Å². The Hall–Kier alpha value is -2.17. The maximum atomic E-state index is 4.30. The van der Waals surface area contributed by atoms with Crippen LogP contribution in [0.2, 0.25) is 0 Å². The van der Waals surface area contributed by atoms with E-state index in [1.807, 2.05) is 17.2 Å². The number of nitrogens with zero attached hydrogens (tertiary/aromatic N) is 5. The Morgan fingerprint density at radius 3 is 3.20 bits per heavy atom. The summed E-state index contributed by atoms with van der Waals surface area (Å²) in [7, 11) is 0. The fourth-order valence-electron chi connectivity index (χ4n) is 3.17. The Labute approximate surface area is 117 Å². The molecule has 2 aromatic heterocycles. The summed E-state index contributed by atoms with van der Waals surface area (Å²) in [6.07, 6.45) is 7.47. The van der Waals surface area contributed by atoms with Crippen molar-refractivity contribution in [3.8, 4) is 0 Å². The average molecular weight is 267 g/mol. The molecule has 0 radical (unpaired) electrons. The van der Waals surface area contributed by atoms with Crippen LogP contribution in [0.25, 0.3) is 11.0 Å². The van der Waals surface area contributed by atoms with Crippen molar-refractivity contribution < 1.29 is 0 Å². The van der Waals surface area contributed by atoms with Crippen molar-refractivity contribution in [3.05, 3.63) is 42.0 Å². The Bertz CT molecular complexity index is 755. The highest BCUT2D eigenvalue weighted by atomic mass is 15.4. The summed E-state index contributed by atoms with van der Waals surface area (Å²) in [4.78, 5) is 4.30. The maximum absolute atomic E-state index is 4.30. The van der Waals surface area contributed by atoms with E-state index in [1.165, 1.54) is 24.1 Å². The predicted molar refractivity (Wildman–Crippen MR) is 76.5 cm³/mol. The molecule has 1 atom stereocenters. The monoisotopic (exact) mass is 267 g/mol. The van der Waals surface area contributed by atoms with Gasteiger partial charge in [0.25, 0.3) is 0 Å². The minimum absolute atomic E-state index is 0.394. The second kappa shape index (κ2) is 4.44. The van der Waals surface area contributed by atoms with Gasteiger partial charge in [-0.05, 0) is 43.9 Å². The molecule has 20 heavy (non-hydrogen) atoms. The Morgan fingerprint density at radius 1 is 1.35 bits per heavy atom. The predicted octanol–water partition coefficient (Wildman–Crippen LogP) is 2.57. The van der Waals surface area contributed by atoms with E-state index in [0.717, 1.165) is 24.0 Å². The van der Waals surface area contributed by atoms with E-state index in [1.54, 1.807) is 0 Å². The van der Waals surface area contributed by atoms with Gasteiger partial charge in [0.15, 0.2) is 0 Å². The lowest BCUT2D eigenvalue weighted by Crippen LogP contribution is -2.17. The third-order valence-electron chi connectivity index (χ3n) is 4.21. The lowest BCUT2D eigenvalue weighted by Gasteiger charge is -2.25. The van der Waals surface area contributed by atoms with Crippen LogP contribution in [0, 0.1) is 0 Å². The van der Waals surface area contributed by atoms with Crippen molar-refractivity contribution >= 4 is 11.0 Å². The molecule has 1 aromatic carbocycles. The molecule has 0 spiro atoms. The first-order valence-electron chi connectivity index (χ1n) is 7.20. The lowest BCUT2D eigenvalue weighted by atomic mass is 9.96. The van der Waals surface area contributed by atoms with Crippen LogP contribution in [0.1, 0.15) is 37.1 Å². The Balaban J connectivity index is 1.83. The molecule has 1 unspecified atom stereocenters. The van der Waals surface area contributed by atoms with Gasteiger partial charge >= 0.3 is 0 Å². The van der Waals surface area contributed by atoms with E-state index >= 15 is 0 Å². The standard InChI is InChI=1S/C15H17N5/c1-2-20-15-8-11(6-7-13(15)17-18-20)14-5-3-4-12-9-16-10-19(12)14/h6-10,14H,2-5H2,1H3. The van der Waals surface area contributed by atoms with Crippen molar-refractivity contribution in [1.82, 2.24) is 24.5 Å². The molecule has 0 bridgehead atoms. The highest BCUT2D eigenvalue weighted by Crippen LogP contribution is 2.31. The largest absolute Gasteiger partial charge is 0.327 e. The SMILES string of the molecule is CCn1nnc2ccc(C3CCCc4cncn43)cc21. The summed E-state index contributed by atoms with van der Waals surface area (Å²) < 4.78 is 4.27. The zero-order chi connectivity index (χ0) is 13.5. The van der Waals surface area contributed by atoms with Gasteiger partial charge in [0, 0.05) is 18.4 Å². The zero-order valence-corrected chi connectivity index (χ0v) is 11.5. The van der Waals surface area contributed by atoms with Crippen LogP contribution < -0.4 is 0 Å². The van der Waals surface area contributed by atoms with Crippen molar-refractivity contribution in [2.45, 2.75) is 38.8 Å². The molecule has 4 rings (SSSR count). The van der Waals surface area contributed by atoms with Gasteiger partial charge in [0.2, 0.25) is 0 Å². The van der Waals surface area contributed by atoms with Crippen LogP contribution in [0.5, 0.6) is 0 Å². The summed E-state index contributed by atoms with van der Waals surface area (Å²) in [6.45, 7) is 2.94. The van der Waals surface area contributed by atoms with E-state index in [4.69, 9.17) is 0 Å².